The summed E-state index contributed by atoms with van der Waals surface area (Å²) in [5, 5.41) is 30.2. The minimum absolute atomic E-state index is 0.180. The predicted molar refractivity (Wildman–Crippen MR) is 140 cm³/mol. The first-order chi connectivity index (χ1) is 17.3. The monoisotopic (exact) mass is 487 g/mol. The van der Waals surface area contributed by atoms with Crippen LogP contribution in [-0.4, -0.2) is 52.1 Å². The SMILES string of the molecule is CC1=C(c2cccc(O)c2)C(c2ccc(OC[C@H](C)N3C[C@H](C)[C@@H](O)C3)cc2)Oc2ccc(O)cc21. The fourth-order valence-electron chi connectivity index (χ4n) is 5.12. The van der Waals surface area contributed by atoms with Crippen molar-refractivity contribution in [2.45, 2.75) is 39.0 Å². The number of hydrogen-bond acceptors (Lipinski definition) is 6. The summed E-state index contributed by atoms with van der Waals surface area (Å²) in [7, 11) is 0. The molecular formula is C30H33NO5. The molecule has 5 rings (SSSR count). The van der Waals surface area contributed by atoms with Crippen LogP contribution in [0.3, 0.4) is 0 Å². The van der Waals surface area contributed by atoms with E-state index in [4.69, 9.17) is 9.47 Å². The van der Waals surface area contributed by atoms with Crippen LogP contribution in [0.2, 0.25) is 0 Å². The lowest BCUT2D eigenvalue weighted by Gasteiger charge is -2.31. The van der Waals surface area contributed by atoms with E-state index < -0.39 is 0 Å². The first-order valence-corrected chi connectivity index (χ1v) is 12.4. The van der Waals surface area contributed by atoms with E-state index in [0.717, 1.165) is 40.1 Å². The molecule has 0 amide bonds. The number of allylic oxidation sites excluding steroid dienone is 1. The average molecular weight is 488 g/mol. The number of ether oxygens (including phenoxy) is 2. The van der Waals surface area contributed by atoms with Gasteiger partial charge >= 0.3 is 0 Å². The number of likely N-dealkylation sites (tertiary alicyclic amines) is 1. The second-order valence-corrected chi connectivity index (χ2v) is 9.99. The Morgan fingerprint density at radius 1 is 1.00 bits per heavy atom. The van der Waals surface area contributed by atoms with Crippen molar-refractivity contribution in [3.8, 4) is 23.0 Å². The summed E-state index contributed by atoms with van der Waals surface area (Å²) >= 11 is 0. The van der Waals surface area contributed by atoms with Crippen LogP contribution in [0.5, 0.6) is 23.0 Å². The van der Waals surface area contributed by atoms with Gasteiger partial charge in [-0.2, -0.15) is 0 Å². The standard InChI is InChI=1S/C30H33NO5/c1-18-15-31(16-27(18)34)19(2)17-35-25-10-7-21(8-11-25)30-29(22-5-4-6-23(32)13-22)20(3)26-14-24(33)9-12-28(26)36-30/h4-14,18-19,27,30,32-34H,15-17H2,1-3H3/t18-,19-,27-,30?/m0/s1. The van der Waals surface area contributed by atoms with Gasteiger partial charge in [0, 0.05) is 30.3 Å². The Morgan fingerprint density at radius 2 is 1.75 bits per heavy atom. The lowest BCUT2D eigenvalue weighted by atomic mass is 9.86. The zero-order valence-corrected chi connectivity index (χ0v) is 20.9. The summed E-state index contributed by atoms with van der Waals surface area (Å²) in [6.07, 6.45) is -0.655. The fourth-order valence-corrected chi connectivity index (χ4v) is 5.12. The highest BCUT2D eigenvalue weighted by molar-refractivity contribution is 5.95. The Bertz CT molecular complexity index is 1260. The molecule has 1 fully saturated rings. The molecule has 0 aromatic heterocycles. The summed E-state index contributed by atoms with van der Waals surface area (Å²) in [4.78, 5) is 2.27. The van der Waals surface area contributed by atoms with Gasteiger partial charge in [-0.1, -0.05) is 31.2 Å². The molecule has 1 saturated heterocycles. The predicted octanol–water partition coefficient (Wildman–Crippen LogP) is 5.24. The van der Waals surface area contributed by atoms with E-state index in [-0.39, 0.29) is 35.7 Å². The van der Waals surface area contributed by atoms with E-state index >= 15 is 0 Å². The molecule has 2 aliphatic heterocycles. The van der Waals surface area contributed by atoms with E-state index in [0.29, 0.717) is 18.9 Å². The molecule has 1 unspecified atom stereocenters. The van der Waals surface area contributed by atoms with Gasteiger partial charge in [0.1, 0.15) is 35.7 Å². The van der Waals surface area contributed by atoms with Gasteiger partial charge in [0.2, 0.25) is 0 Å². The van der Waals surface area contributed by atoms with Crippen molar-refractivity contribution in [1.82, 2.24) is 4.90 Å². The maximum Gasteiger partial charge on any atom is 0.150 e. The molecule has 2 heterocycles. The molecule has 0 spiro atoms. The van der Waals surface area contributed by atoms with Crippen LogP contribution in [0.1, 0.15) is 43.6 Å². The van der Waals surface area contributed by atoms with Crippen molar-refractivity contribution in [2.75, 3.05) is 19.7 Å². The highest BCUT2D eigenvalue weighted by atomic mass is 16.5. The lowest BCUT2D eigenvalue weighted by Crippen LogP contribution is -2.36. The van der Waals surface area contributed by atoms with Crippen LogP contribution in [0.4, 0.5) is 0 Å². The van der Waals surface area contributed by atoms with E-state index in [2.05, 4.69) is 18.7 Å². The molecule has 188 valence electrons. The van der Waals surface area contributed by atoms with Crippen molar-refractivity contribution >= 4 is 11.1 Å². The first kappa shape index (κ1) is 24.2. The topological polar surface area (TPSA) is 82.4 Å². The Labute approximate surface area is 212 Å². The third-order valence-corrected chi connectivity index (χ3v) is 7.33. The number of aromatic hydroxyl groups is 2. The molecule has 6 heteroatoms. The number of benzene rings is 3. The third-order valence-electron chi connectivity index (χ3n) is 7.33. The second-order valence-electron chi connectivity index (χ2n) is 9.99. The Hall–Kier alpha value is -3.48. The molecule has 4 atom stereocenters. The summed E-state index contributed by atoms with van der Waals surface area (Å²) in [5.74, 6) is 2.13. The van der Waals surface area contributed by atoms with Crippen LogP contribution < -0.4 is 9.47 Å². The van der Waals surface area contributed by atoms with Gasteiger partial charge in [-0.15, -0.1) is 0 Å². The minimum atomic E-state index is -0.385. The van der Waals surface area contributed by atoms with Gasteiger partial charge in [0.15, 0.2) is 0 Å². The summed E-state index contributed by atoms with van der Waals surface area (Å²) in [6.45, 7) is 8.33. The zero-order valence-electron chi connectivity index (χ0n) is 20.9. The van der Waals surface area contributed by atoms with Crippen molar-refractivity contribution in [1.29, 1.82) is 0 Å². The van der Waals surface area contributed by atoms with Crippen LogP contribution in [0.15, 0.2) is 66.7 Å². The zero-order chi connectivity index (χ0) is 25.4. The highest BCUT2D eigenvalue weighted by Crippen LogP contribution is 2.47. The maximum absolute atomic E-state index is 10.1. The number of aliphatic hydroxyl groups excluding tert-OH is 1. The summed E-state index contributed by atoms with van der Waals surface area (Å²) in [5.41, 5.74) is 4.58. The van der Waals surface area contributed by atoms with Crippen LogP contribution in [-0.2, 0) is 0 Å². The number of fused-ring (bicyclic) bond motifs is 1. The maximum atomic E-state index is 10.1. The molecule has 0 aliphatic carbocycles. The van der Waals surface area contributed by atoms with E-state index in [1.54, 1.807) is 30.3 Å². The number of nitrogens with zero attached hydrogens (tertiary/aromatic N) is 1. The van der Waals surface area contributed by atoms with Gasteiger partial charge < -0.3 is 24.8 Å². The van der Waals surface area contributed by atoms with Crippen molar-refractivity contribution in [2.24, 2.45) is 5.92 Å². The van der Waals surface area contributed by atoms with Gasteiger partial charge in [0.25, 0.3) is 0 Å². The van der Waals surface area contributed by atoms with E-state index in [1.165, 1.54) is 0 Å². The molecule has 3 aromatic carbocycles. The van der Waals surface area contributed by atoms with Crippen LogP contribution in [0, 0.1) is 5.92 Å². The fraction of sp³-hybridized carbons (Fsp3) is 0.333. The third kappa shape index (κ3) is 4.79. The Morgan fingerprint density at radius 3 is 2.44 bits per heavy atom. The largest absolute Gasteiger partial charge is 0.508 e. The number of rotatable bonds is 6. The van der Waals surface area contributed by atoms with Gasteiger partial charge in [-0.05, 0) is 78.9 Å². The highest BCUT2D eigenvalue weighted by Gasteiger charge is 2.31. The molecule has 36 heavy (non-hydrogen) atoms. The molecule has 6 nitrogen and oxygen atoms in total. The lowest BCUT2D eigenvalue weighted by molar-refractivity contribution is 0.130. The smallest absolute Gasteiger partial charge is 0.150 e. The average Bonchev–Trinajstić information content (AvgIpc) is 3.21. The molecule has 3 N–H and O–H groups in total. The summed E-state index contributed by atoms with van der Waals surface area (Å²) in [6, 6.07) is 20.4. The van der Waals surface area contributed by atoms with Gasteiger partial charge in [-0.3, -0.25) is 4.90 Å². The number of aliphatic hydroxyl groups is 1. The van der Waals surface area contributed by atoms with Gasteiger partial charge in [0.05, 0.1) is 6.10 Å². The minimum Gasteiger partial charge on any atom is -0.508 e. The van der Waals surface area contributed by atoms with E-state index in [1.807, 2.05) is 43.3 Å². The van der Waals surface area contributed by atoms with Crippen molar-refractivity contribution in [3.05, 3.63) is 83.4 Å². The molecule has 0 radical (unpaired) electrons. The Balaban J connectivity index is 1.39. The number of hydrogen-bond donors (Lipinski definition) is 3. The summed E-state index contributed by atoms with van der Waals surface area (Å²) < 4.78 is 12.5. The van der Waals surface area contributed by atoms with Crippen LogP contribution in [0.25, 0.3) is 11.1 Å². The second kappa shape index (κ2) is 9.88. The molecular weight excluding hydrogens is 454 g/mol. The van der Waals surface area contributed by atoms with Crippen molar-refractivity contribution in [3.63, 3.8) is 0 Å². The number of phenolic OH excluding ortho intramolecular Hbond substituents is 2. The quantitative estimate of drug-likeness (QED) is 0.441. The van der Waals surface area contributed by atoms with Crippen LogP contribution >= 0.6 is 0 Å². The normalized spacial score (nSPS) is 22.7. The molecule has 2 aliphatic rings. The van der Waals surface area contributed by atoms with Gasteiger partial charge in [-0.25, -0.2) is 0 Å². The van der Waals surface area contributed by atoms with Crippen molar-refractivity contribution < 1.29 is 24.8 Å². The number of β-amino-alcohol motifs (C(OH)–C–C–N with tert-alkyl or cyclic N) is 1. The molecule has 3 aromatic rings. The Kier molecular flexibility index (Phi) is 6.65. The molecule has 0 saturated carbocycles. The molecule has 0 bridgehead atoms. The first-order valence-electron chi connectivity index (χ1n) is 12.4. The van der Waals surface area contributed by atoms with E-state index in [9.17, 15) is 15.3 Å². The number of phenols is 2.